The summed E-state index contributed by atoms with van der Waals surface area (Å²) in [5, 5.41) is 12.0. The maximum Gasteiger partial charge on any atom is 0.303 e. The number of hydrogen-bond donors (Lipinski definition) is 4. The molecule has 0 saturated carbocycles. The van der Waals surface area contributed by atoms with Gasteiger partial charge in [-0.25, -0.2) is 5.84 Å². The van der Waals surface area contributed by atoms with Gasteiger partial charge in [-0.3, -0.25) is 4.79 Å². The Morgan fingerprint density at radius 3 is 2.40 bits per heavy atom. The summed E-state index contributed by atoms with van der Waals surface area (Å²) in [6.07, 6.45) is 0.115. The zero-order chi connectivity index (χ0) is 12.1. The van der Waals surface area contributed by atoms with Gasteiger partial charge in [-0.1, -0.05) is 20.8 Å². The first-order valence-corrected chi connectivity index (χ1v) is 5.14. The minimum Gasteiger partial charge on any atom is -0.481 e. The van der Waals surface area contributed by atoms with Gasteiger partial charge in [-0.15, -0.1) is 0 Å². The highest BCUT2D eigenvalue weighted by molar-refractivity contribution is 7.80. The van der Waals surface area contributed by atoms with Crippen molar-refractivity contribution in [3.8, 4) is 0 Å². The third kappa shape index (κ3) is 6.24. The Bertz CT molecular complexity index is 238. The number of nitrogens with two attached hydrogens (primary N) is 1. The second-order valence-electron chi connectivity index (χ2n) is 4.52. The van der Waals surface area contributed by atoms with E-state index in [2.05, 4.69) is 10.7 Å². The molecule has 0 saturated heterocycles. The smallest absolute Gasteiger partial charge is 0.303 e. The van der Waals surface area contributed by atoms with Crippen molar-refractivity contribution in [3.05, 3.63) is 0 Å². The molecule has 0 spiro atoms. The van der Waals surface area contributed by atoms with Crippen molar-refractivity contribution in [2.24, 2.45) is 17.2 Å². The average molecular weight is 233 g/mol. The zero-order valence-corrected chi connectivity index (χ0v) is 10.1. The Hall–Kier alpha value is -0.880. The molecule has 0 rings (SSSR count). The fraction of sp³-hybridized carbons (Fsp3) is 0.778. The molecule has 0 aliphatic heterocycles. The van der Waals surface area contributed by atoms with Gasteiger partial charge in [0.05, 0.1) is 6.42 Å². The van der Waals surface area contributed by atoms with Crippen molar-refractivity contribution in [1.29, 1.82) is 0 Å². The lowest BCUT2D eigenvalue weighted by Gasteiger charge is -2.29. The predicted molar refractivity (Wildman–Crippen MR) is 63.1 cm³/mol. The Balaban J connectivity index is 4.26. The van der Waals surface area contributed by atoms with Crippen molar-refractivity contribution < 1.29 is 9.90 Å². The lowest BCUT2D eigenvalue weighted by atomic mass is 9.79. The molecule has 0 fully saturated rings. The van der Waals surface area contributed by atoms with Crippen LogP contribution in [0.2, 0.25) is 0 Å². The van der Waals surface area contributed by atoms with Crippen LogP contribution in [0.3, 0.4) is 0 Å². The van der Waals surface area contributed by atoms with E-state index < -0.39 is 5.97 Å². The molecule has 5 N–H and O–H groups in total. The molecule has 0 aromatic carbocycles. The van der Waals surface area contributed by atoms with E-state index in [4.69, 9.17) is 23.2 Å². The molecule has 0 heterocycles. The number of rotatable bonds is 4. The lowest BCUT2D eigenvalue weighted by molar-refractivity contribution is -0.139. The van der Waals surface area contributed by atoms with Gasteiger partial charge >= 0.3 is 5.97 Å². The Kier molecular flexibility index (Phi) is 5.53. The van der Waals surface area contributed by atoms with Crippen LogP contribution < -0.4 is 16.6 Å². The number of nitrogens with one attached hydrogen (secondary N) is 2. The molecule has 5 nitrogen and oxygen atoms in total. The van der Waals surface area contributed by atoms with E-state index in [-0.39, 0.29) is 17.8 Å². The van der Waals surface area contributed by atoms with Crippen molar-refractivity contribution in [2.75, 3.05) is 6.54 Å². The molecule has 1 atom stereocenters. The fourth-order valence-corrected chi connectivity index (χ4v) is 1.25. The minimum absolute atomic E-state index is 0.00120. The van der Waals surface area contributed by atoms with Gasteiger partial charge in [0.15, 0.2) is 5.11 Å². The molecular weight excluding hydrogens is 214 g/mol. The number of carboxylic acid groups (broad SMARTS) is 1. The number of thiocarbonyl (C=S) groups is 1. The summed E-state index contributed by atoms with van der Waals surface area (Å²) in [6.45, 7) is 6.50. The van der Waals surface area contributed by atoms with Crippen LogP contribution in [-0.4, -0.2) is 22.7 Å². The van der Waals surface area contributed by atoms with Gasteiger partial charge in [0.1, 0.15) is 0 Å². The number of hydrogen-bond acceptors (Lipinski definition) is 3. The van der Waals surface area contributed by atoms with Crippen LogP contribution in [0, 0.1) is 11.3 Å². The highest BCUT2D eigenvalue weighted by atomic mass is 32.1. The van der Waals surface area contributed by atoms with E-state index >= 15 is 0 Å². The first-order valence-electron chi connectivity index (χ1n) is 4.73. The van der Waals surface area contributed by atoms with Crippen LogP contribution in [0.15, 0.2) is 0 Å². The third-order valence-corrected chi connectivity index (χ3v) is 2.55. The van der Waals surface area contributed by atoms with E-state index in [0.29, 0.717) is 11.7 Å². The molecule has 0 aliphatic carbocycles. The van der Waals surface area contributed by atoms with E-state index in [1.807, 2.05) is 20.8 Å². The van der Waals surface area contributed by atoms with Crippen molar-refractivity contribution in [3.63, 3.8) is 0 Å². The summed E-state index contributed by atoms with van der Waals surface area (Å²) in [5.41, 5.74) is 2.21. The maximum absolute atomic E-state index is 10.7. The first-order chi connectivity index (χ1) is 6.77. The van der Waals surface area contributed by atoms with Crippen LogP contribution in [-0.2, 0) is 4.79 Å². The predicted octanol–water partition coefficient (Wildman–Crippen LogP) is 0.461. The van der Waals surface area contributed by atoms with Crippen LogP contribution >= 0.6 is 12.2 Å². The Morgan fingerprint density at radius 1 is 1.53 bits per heavy atom. The van der Waals surface area contributed by atoms with Gasteiger partial charge in [0.2, 0.25) is 0 Å². The molecule has 1 unspecified atom stereocenters. The molecule has 0 aliphatic rings. The van der Waals surface area contributed by atoms with Crippen LogP contribution in [0.4, 0.5) is 0 Å². The van der Waals surface area contributed by atoms with E-state index in [1.54, 1.807) is 0 Å². The third-order valence-electron chi connectivity index (χ3n) is 2.29. The molecule has 88 valence electrons. The van der Waals surface area contributed by atoms with E-state index in [0.717, 1.165) is 0 Å². The summed E-state index contributed by atoms with van der Waals surface area (Å²) in [6, 6.07) is 0. The monoisotopic (exact) mass is 233 g/mol. The summed E-state index contributed by atoms with van der Waals surface area (Å²) >= 11 is 4.82. The highest BCUT2D eigenvalue weighted by Crippen LogP contribution is 2.27. The van der Waals surface area contributed by atoms with Crippen molar-refractivity contribution in [2.45, 2.75) is 27.2 Å². The molecule has 0 aromatic heterocycles. The topological polar surface area (TPSA) is 87.4 Å². The normalized spacial score (nSPS) is 13.1. The highest BCUT2D eigenvalue weighted by Gasteiger charge is 2.26. The number of carbonyl (C=O) groups is 1. The zero-order valence-electron chi connectivity index (χ0n) is 9.33. The van der Waals surface area contributed by atoms with Crippen LogP contribution in [0.25, 0.3) is 0 Å². The van der Waals surface area contributed by atoms with Crippen molar-refractivity contribution >= 4 is 23.3 Å². The standard InChI is InChI=1S/C9H19N3O2S/c1-9(2,3)6(4-7(13)14)5-11-8(15)12-10/h6H,4-5,10H2,1-3H3,(H,13,14)(H2,11,12,15). The Labute approximate surface area is 95.4 Å². The van der Waals surface area contributed by atoms with Gasteiger partial charge in [0, 0.05) is 6.54 Å². The number of carboxylic acids is 1. The molecule has 0 amide bonds. The molecule has 6 heteroatoms. The largest absolute Gasteiger partial charge is 0.481 e. The Morgan fingerprint density at radius 2 is 2.07 bits per heavy atom. The summed E-state index contributed by atoms with van der Waals surface area (Å²) in [7, 11) is 0. The quantitative estimate of drug-likeness (QED) is 0.320. The van der Waals surface area contributed by atoms with E-state index in [9.17, 15) is 4.79 Å². The van der Waals surface area contributed by atoms with Gasteiger partial charge < -0.3 is 15.8 Å². The summed E-state index contributed by atoms with van der Waals surface area (Å²) in [4.78, 5) is 10.7. The molecule has 0 radical (unpaired) electrons. The first kappa shape index (κ1) is 14.1. The molecule has 0 bridgehead atoms. The van der Waals surface area contributed by atoms with Crippen LogP contribution in [0.5, 0.6) is 0 Å². The molecule has 0 aromatic rings. The second-order valence-corrected chi connectivity index (χ2v) is 4.92. The summed E-state index contributed by atoms with van der Waals surface area (Å²) in [5.74, 6) is 4.30. The summed E-state index contributed by atoms with van der Waals surface area (Å²) < 4.78 is 0. The SMILES string of the molecule is CC(C)(C)C(CNC(=S)NN)CC(=O)O. The molecule has 15 heavy (non-hydrogen) atoms. The van der Waals surface area contributed by atoms with Gasteiger partial charge in [-0.2, -0.15) is 0 Å². The van der Waals surface area contributed by atoms with E-state index in [1.165, 1.54) is 0 Å². The second kappa shape index (κ2) is 5.87. The maximum atomic E-state index is 10.7. The minimum atomic E-state index is -0.802. The molecular formula is C9H19N3O2S. The lowest BCUT2D eigenvalue weighted by Crippen LogP contribution is -2.44. The average Bonchev–Trinajstić information content (AvgIpc) is 2.09. The number of hydrazine groups is 1. The van der Waals surface area contributed by atoms with Crippen LogP contribution in [0.1, 0.15) is 27.2 Å². The number of aliphatic carboxylic acids is 1. The van der Waals surface area contributed by atoms with Gasteiger partial charge in [0.25, 0.3) is 0 Å². The van der Waals surface area contributed by atoms with Crippen molar-refractivity contribution in [1.82, 2.24) is 10.7 Å². The fourth-order valence-electron chi connectivity index (χ4n) is 1.16. The van der Waals surface area contributed by atoms with Gasteiger partial charge in [-0.05, 0) is 23.6 Å².